The number of hydrogen-bond donors (Lipinski definition) is 1. The first-order chi connectivity index (χ1) is 9.16. The van der Waals surface area contributed by atoms with Crippen LogP contribution in [0, 0.1) is 0 Å². The minimum atomic E-state index is 0.0257. The number of carbonyl (C=O) groups is 1. The van der Waals surface area contributed by atoms with Crippen LogP contribution in [0.4, 0.5) is 16.2 Å². The van der Waals surface area contributed by atoms with Crippen molar-refractivity contribution in [1.29, 1.82) is 0 Å². The van der Waals surface area contributed by atoms with Gasteiger partial charge >= 0.3 is 6.03 Å². The van der Waals surface area contributed by atoms with Crippen molar-refractivity contribution >= 4 is 17.4 Å². The Bertz CT molecular complexity index is 423. The lowest BCUT2D eigenvalue weighted by Crippen LogP contribution is -2.35. The van der Waals surface area contributed by atoms with E-state index in [2.05, 4.69) is 5.32 Å². The summed E-state index contributed by atoms with van der Waals surface area (Å²) in [6, 6.07) is 7.95. The lowest BCUT2D eigenvalue weighted by molar-refractivity contribution is 0.214. The Labute approximate surface area is 115 Å². The number of amides is 2. The molecule has 2 amide bonds. The molecule has 0 radical (unpaired) electrons. The van der Waals surface area contributed by atoms with E-state index in [1.165, 1.54) is 12.8 Å². The number of likely N-dealkylation sites (tertiary alicyclic amines) is 1. The number of nitrogens with zero attached hydrogens (tertiary/aromatic N) is 2. The Morgan fingerprint density at radius 1 is 1.16 bits per heavy atom. The zero-order valence-corrected chi connectivity index (χ0v) is 11.9. The van der Waals surface area contributed by atoms with E-state index in [0.717, 1.165) is 37.3 Å². The van der Waals surface area contributed by atoms with E-state index in [0.29, 0.717) is 0 Å². The van der Waals surface area contributed by atoms with E-state index in [-0.39, 0.29) is 6.03 Å². The first kappa shape index (κ1) is 13.7. The minimum Gasteiger partial charge on any atom is -0.378 e. The second kappa shape index (κ2) is 6.45. The molecule has 0 aromatic heterocycles. The molecule has 1 aromatic carbocycles. The zero-order chi connectivity index (χ0) is 13.7. The summed E-state index contributed by atoms with van der Waals surface area (Å²) in [5.74, 6) is 0. The van der Waals surface area contributed by atoms with Crippen molar-refractivity contribution in [2.75, 3.05) is 37.4 Å². The lowest BCUT2D eigenvalue weighted by atomic mass is 10.2. The summed E-state index contributed by atoms with van der Waals surface area (Å²) in [4.78, 5) is 16.2. The van der Waals surface area contributed by atoms with Crippen molar-refractivity contribution in [3.05, 3.63) is 24.3 Å². The molecule has 1 aliphatic rings. The number of anilines is 2. The average molecular weight is 261 g/mol. The quantitative estimate of drug-likeness (QED) is 0.887. The zero-order valence-electron chi connectivity index (χ0n) is 11.9. The molecule has 4 nitrogen and oxygen atoms in total. The molecule has 19 heavy (non-hydrogen) atoms. The van der Waals surface area contributed by atoms with Crippen molar-refractivity contribution < 1.29 is 4.79 Å². The van der Waals surface area contributed by atoms with Gasteiger partial charge in [-0.2, -0.15) is 0 Å². The molecular weight excluding hydrogens is 238 g/mol. The Kier molecular flexibility index (Phi) is 4.66. The molecule has 0 unspecified atom stereocenters. The number of rotatable bonds is 2. The Morgan fingerprint density at radius 3 is 2.47 bits per heavy atom. The highest BCUT2D eigenvalue weighted by Gasteiger charge is 2.15. The second-order valence-electron chi connectivity index (χ2n) is 5.28. The summed E-state index contributed by atoms with van der Waals surface area (Å²) in [5, 5.41) is 3.00. The monoisotopic (exact) mass is 261 g/mol. The topological polar surface area (TPSA) is 35.6 Å². The van der Waals surface area contributed by atoms with E-state index < -0.39 is 0 Å². The van der Waals surface area contributed by atoms with Gasteiger partial charge in [-0.25, -0.2) is 4.79 Å². The van der Waals surface area contributed by atoms with Gasteiger partial charge in [-0.3, -0.25) is 0 Å². The Balaban J connectivity index is 1.99. The first-order valence-corrected chi connectivity index (χ1v) is 7.00. The van der Waals surface area contributed by atoms with Crippen molar-refractivity contribution in [2.24, 2.45) is 0 Å². The van der Waals surface area contributed by atoms with E-state index >= 15 is 0 Å². The van der Waals surface area contributed by atoms with Crippen LogP contribution in [0.5, 0.6) is 0 Å². The Morgan fingerprint density at radius 2 is 1.84 bits per heavy atom. The van der Waals surface area contributed by atoms with E-state index in [1.54, 1.807) is 0 Å². The van der Waals surface area contributed by atoms with Crippen LogP contribution in [0.2, 0.25) is 0 Å². The normalized spacial score (nSPS) is 15.8. The van der Waals surface area contributed by atoms with Crippen LogP contribution in [0.1, 0.15) is 25.7 Å². The molecule has 0 aliphatic carbocycles. The van der Waals surface area contributed by atoms with Crippen LogP contribution in [0.15, 0.2) is 24.3 Å². The summed E-state index contributed by atoms with van der Waals surface area (Å²) in [6.07, 6.45) is 4.70. The average Bonchev–Trinajstić information content (AvgIpc) is 2.68. The van der Waals surface area contributed by atoms with Gasteiger partial charge in [-0.15, -0.1) is 0 Å². The molecule has 0 bridgehead atoms. The highest BCUT2D eigenvalue weighted by Crippen LogP contribution is 2.18. The van der Waals surface area contributed by atoms with Gasteiger partial charge in [0, 0.05) is 38.6 Å². The van der Waals surface area contributed by atoms with Crippen LogP contribution in [0.3, 0.4) is 0 Å². The molecule has 0 spiro atoms. The standard InChI is InChI=1S/C15H23N3O/c1-17(2)14-9-7-8-13(12-14)16-15(19)18-10-5-3-4-6-11-18/h7-9,12H,3-6,10-11H2,1-2H3,(H,16,19). The van der Waals surface area contributed by atoms with Gasteiger partial charge in [0.05, 0.1) is 0 Å². The maximum atomic E-state index is 12.2. The van der Waals surface area contributed by atoms with Gasteiger partial charge in [0.2, 0.25) is 0 Å². The molecule has 2 rings (SSSR count). The summed E-state index contributed by atoms with van der Waals surface area (Å²) in [6.45, 7) is 1.75. The first-order valence-electron chi connectivity index (χ1n) is 7.00. The molecule has 0 atom stereocenters. The summed E-state index contributed by atoms with van der Waals surface area (Å²) in [5.41, 5.74) is 1.95. The number of urea groups is 1. The molecule has 4 heteroatoms. The predicted molar refractivity (Wildman–Crippen MR) is 79.8 cm³/mol. The van der Waals surface area contributed by atoms with Gasteiger partial charge in [0.15, 0.2) is 0 Å². The van der Waals surface area contributed by atoms with Gasteiger partial charge in [0.1, 0.15) is 0 Å². The molecule has 0 saturated carbocycles. The van der Waals surface area contributed by atoms with Crippen molar-refractivity contribution in [2.45, 2.75) is 25.7 Å². The van der Waals surface area contributed by atoms with Crippen LogP contribution in [-0.2, 0) is 0 Å². The van der Waals surface area contributed by atoms with E-state index in [4.69, 9.17) is 0 Å². The van der Waals surface area contributed by atoms with E-state index in [1.807, 2.05) is 48.2 Å². The predicted octanol–water partition coefficient (Wildman–Crippen LogP) is 3.16. The van der Waals surface area contributed by atoms with Crippen molar-refractivity contribution in [3.63, 3.8) is 0 Å². The summed E-state index contributed by atoms with van der Waals surface area (Å²) in [7, 11) is 3.99. The van der Waals surface area contributed by atoms with Gasteiger partial charge in [-0.1, -0.05) is 18.9 Å². The molecule has 1 N–H and O–H groups in total. The fourth-order valence-corrected chi connectivity index (χ4v) is 2.34. The van der Waals surface area contributed by atoms with E-state index in [9.17, 15) is 4.79 Å². The molecule has 1 fully saturated rings. The lowest BCUT2D eigenvalue weighted by Gasteiger charge is -2.21. The molecule has 1 saturated heterocycles. The number of carbonyl (C=O) groups excluding carboxylic acids is 1. The fourth-order valence-electron chi connectivity index (χ4n) is 2.34. The largest absolute Gasteiger partial charge is 0.378 e. The number of benzene rings is 1. The highest BCUT2D eigenvalue weighted by atomic mass is 16.2. The van der Waals surface area contributed by atoms with Crippen molar-refractivity contribution in [3.8, 4) is 0 Å². The fraction of sp³-hybridized carbons (Fsp3) is 0.533. The summed E-state index contributed by atoms with van der Waals surface area (Å²) < 4.78 is 0. The van der Waals surface area contributed by atoms with Crippen LogP contribution in [0.25, 0.3) is 0 Å². The smallest absolute Gasteiger partial charge is 0.321 e. The van der Waals surface area contributed by atoms with Crippen LogP contribution in [-0.4, -0.2) is 38.1 Å². The van der Waals surface area contributed by atoms with Crippen LogP contribution >= 0.6 is 0 Å². The molecule has 1 aliphatic heterocycles. The third kappa shape index (κ3) is 3.88. The second-order valence-corrected chi connectivity index (χ2v) is 5.28. The number of nitrogens with one attached hydrogen (secondary N) is 1. The van der Waals surface area contributed by atoms with Crippen LogP contribution < -0.4 is 10.2 Å². The molecule has 1 aromatic rings. The van der Waals surface area contributed by atoms with Gasteiger partial charge in [-0.05, 0) is 31.0 Å². The summed E-state index contributed by atoms with van der Waals surface area (Å²) >= 11 is 0. The van der Waals surface area contributed by atoms with Gasteiger partial charge in [0.25, 0.3) is 0 Å². The molecule has 1 heterocycles. The SMILES string of the molecule is CN(C)c1cccc(NC(=O)N2CCCCCC2)c1. The molecule has 104 valence electrons. The maximum absolute atomic E-state index is 12.2. The Hall–Kier alpha value is -1.71. The number of hydrogen-bond acceptors (Lipinski definition) is 2. The minimum absolute atomic E-state index is 0.0257. The third-order valence-corrected chi connectivity index (χ3v) is 3.51. The molecular formula is C15H23N3O. The van der Waals surface area contributed by atoms with Crippen molar-refractivity contribution in [1.82, 2.24) is 4.90 Å². The third-order valence-electron chi connectivity index (χ3n) is 3.51. The highest BCUT2D eigenvalue weighted by molar-refractivity contribution is 5.89. The maximum Gasteiger partial charge on any atom is 0.321 e. The van der Waals surface area contributed by atoms with Gasteiger partial charge < -0.3 is 15.1 Å².